The molecule has 0 bridgehead atoms. The average molecular weight is 480 g/mol. The Labute approximate surface area is 204 Å². The fourth-order valence-corrected chi connectivity index (χ4v) is 4.27. The Morgan fingerprint density at radius 1 is 1.11 bits per heavy atom. The van der Waals surface area contributed by atoms with E-state index in [0.717, 1.165) is 47.3 Å². The minimum atomic E-state index is 0.148. The lowest BCUT2D eigenvalue weighted by Gasteiger charge is -2.27. The number of anilines is 2. The highest BCUT2D eigenvalue weighted by Crippen LogP contribution is 2.28. The molecule has 0 atom stereocenters. The molecule has 0 unspecified atom stereocenters. The minimum absolute atomic E-state index is 0.148. The summed E-state index contributed by atoms with van der Waals surface area (Å²) in [5.74, 6) is 3.16. The molecule has 1 aliphatic rings. The number of aryl methyl sites for hydroxylation is 1. The van der Waals surface area contributed by atoms with Gasteiger partial charge < -0.3 is 24.3 Å². The quantitative estimate of drug-likeness (QED) is 0.408. The molecule has 1 saturated heterocycles. The molecule has 4 aromatic rings. The average Bonchev–Trinajstić information content (AvgIpc) is 3.39. The van der Waals surface area contributed by atoms with E-state index in [-0.39, 0.29) is 12.1 Å². The molecular formula is C24H33N9O2. The van der Waals surface area contributed by atoms with Gasteiger partial charge in [0.05, 0.1) is 37.6 Å². The van der Waals surface area contributed by atoms with Crippen LogP contribution in [0.2, 0.25) is 0 Å². The van der Waals surface area contributed by atoms with E-state index in [0.29, 0.717) is 37.8 Å². The largest absolute Gasteiger partial charge is 0.378 e. The van der Waals surface area contributed by atoms with Gasteiger partial charge in [-0.25, -0.2) is 15.0 Å². The van der Waals surface area contributed by atoms with Crippen molar-refractivity contribution < 1.29 is 9.47 Å². The van der Waals surface area contributed by atoms with E-state index in [2.05, 4.69) is 44.9 Å². The zero-order chi connectivity index (χ0) is 24.5. The van der Waals surface area contributed by atoms with E-state index >= 15 is 0 Å². The van der Waals surface area contributed by atoms with Gasteiger partial charge in [0.1, 0.15) is 22.9 Å². The number of nitrogens with one attached hydrogen (secondary N) is 1. The maximum atomic E-state index is 5.91. The number of rotatable bonds is 8. The summed E-state index contributed by atoms with van der Waals surface area (Å²) >= 11 is 0. The SMILES string of the molecule is Cc1nnc2c(NC(C)C)nc(-c3nc4cnc(N5CCOCC5)cc4n3CCOC(C)C)cn12. The highest BCUT2D eigenvalue weighted by Gasteiger charge is 2.21. The van der Waals surface area contributed by atoms with Gasteiger partial charge in [-0.05, 0) is 34.6 Å². The molecule has 186 valence electrons. The van der Waals surface area contributed by atoms with Crippen molar-refractivity contribution in [3.63, 3.8) is 0 Å². The molecule has 11 nitrogen and oxygen atoms in total. The van der Waals surface area contributed by atoms with Crippen LogP contribution in [0.5, 0.6) is 0 Å². The van der Waals surface area contributed by atoms with Crippen molar-refractivity contribution in [1.29, 1.82) is 0 Å². The Bertz CT molecular complexity index is 1320. The van der Waals surface area contributed by atoms with Gasteiger partial charge in [0.2, 0.25) is 5.65 Å². The molecule has 1 fully saturated rings. The highest BCUT2D eigenvalue weighted by molar-refractivity contribution is 5.82. The van der Waals surface area contributed by atoms with Crippen LogP contribution in [-0.4, -0.2) is 79.2 Å². The number of hydrogen-bond acceptors (Lipinski definition) is 9. The van der Waals surface area contributed by atoms with E-state index in [1.165, 1.54) is 0 Å². The van der Waals surface area contributed by atoms with Crippen LogP contribution in [0.1, 0.15) is 33.5 Å². The van der Waals surface area contributed by atoms with E-state index in [1.54, 1.807) is 0 Å². The smallest absolute Gasteiger partial charge is 0.203 e. The van der Waals surface area contributed by atoms with Crippen molar-refractivity contribution in [1.82, 2.24) is 34.1 Å². The van der Waals surface area contributed by atoms with Gasteiger partial charge in [-0.1, -0.05) is 0 Å². The number of hydrogen-bond donors (Lipinski definition) is 1. The van der Waals surface area contributed by atoms with Crippen LogP contribution in [-0.2, 0) is 16.0 Å². The molecular weight excluding hydrogens is 446 g/mol. The standard InChI is InChI=1S/C24H33N9O2/c1-15(2)26-22-24-30-29-17(5)33(24)14-19(27-22)23-28-18-13-25-21(31-6-9-34-10-7-31)12-20(18)32(23)8-11-35-16(3)4/h12-16H,6-11H2,1-5H3,(H,26,27). The third kappa shape index (κ3) is 4.78. The van der Waals surface area contributed by atoms with E-state index in [9.17, 15) is 0 Å². The lowest BCUT2D eigenvalue weighted by atomic mass is 10.3. The van der Waals surface area contributed by atoms with Gasteiger partial charge >= 0.3 is 0 Å². The van der Waals surface area contributed by atoms with Gasteiger partial charge in [-0.2, -0.15) is 0 Å². The van der Waals surface area contributed by atoms with Crippen molar-refractivity contribution >= 4 is 28.3 Å². The summed E-state index contributed by atoms with van der Waals surface area (Å²) < 4.78 is 15.6. The molecule has 0 amide bonds. The van der Waals surface area contributed by atoms with Crippen LogP contribution in [0.25, 0.3) is 28.2 Å². The number of fused-ring (bicyclic) bond motifs is 2. The number of aromatic nitrogens is 7. The Kier molecular flexibility index (Phi) is 6.52. The maximum Gasteiger partial charge on any atom is 0.203 e. The first-order valence-electron chi connectivity index (χ1n) is 12.2. The first kappa shape index (κ1) is 23.4. The second-order valence-corrected chi connectivity index (χ2v) is 9.35. The normalized spacial score (nSPS) is 14.7. The number of ether oxygens (including phenoxy) is 2. The Hall–Kier alpha value is -3.31. The number of nitrogens with zero attached hydrogens (tertiary/aromatic N) is 8. The van der Waals surface area contributed by atoms with Crippen molar-refractivity contribution in [3.8, 4) is 11.5 Å². The third-order valence-electron chi connectivity index (χ3n) is 5.94. The Balaban J connectivity index is 1.64. The molecule has 0 radical (unpaired) electrons. The molecule has 0 aromatic carbocycles. The van der Waals surface area contributed by atoms with Gasteiger partial charge in [0.25, 0.3) is 0 Å². The first-order chi connectivity index (χ1) is 16.9. The lowest BCUT2D eigenvalue weighted by molar-refractivity contribution is 0.0735. The minimum Gasteiger partial charge on any atom is -0.378 e. The fraction of sp³-hybridized carbons (Fsp3) is 0.542. The first-order valence-corrected chi connectivity index (χ1v) is 12.2. The summed E-state index contributed by atoms with van der Waals surface area (Å²) in [5, 5.41) is 12.0. The van der Waals surface area contributed by atoms with Gasteiger partial charge in [-0.3, -0.25) is 4.40 Å². The lowest BCUT2D eigenvalue weighted by Crippen LogP contribution is -2.36. The molecule has 5 heterocycles. The zero-order valence-corrected chi connectivity index (χ0v) is 21.0. The summed E-state index contributed by atoms with van der Waals surface area (Å²) in [6, 6.07) is 2.31. The second kappa shape index (κ2) is 9.74. The third-order valence-corrected chi connectivity index (χ3v) is 5.94. The van der Waals surface area contributed by atoms with Crippen molar-refractivity contribution in [2.75, 3.05) is 43.1 Å². The summed E-state index contributed by atoms with van der Waals surface area (Å²) in [5.41, 5.74) is 3.26. The topological polar surface area (TPSA) is 108 Å². The summed E-state index contributed by atoms with van der Waals surface area (Å²) in [7, 11) is 0. The molecule has 1 N–H and O–H groups in total. The van der Waals surface area contributed by atoms with Crippen molar-refractivity contribution in [2.45, 2.75) is 53.3 Å². The van der Waals surface area contributed by atoms with Crippen LogP contribution in [0, 0.1) is 6.92 Å². The summed E-state index contributed by atoms with van der Waals surface area (Å²) in [4.78, 5) is 16.9. The molecule has 0 saturated carbocycles. The van der Waals surface area contributed by atoms with Gasteiger partial charge in [0, 0.05) is 37.9 Å². The van der Waals surface area contributed by atoms with E-state index in [4.69, 9.17) is 24.4 Å². The second-order valence-electron chi connectivity index (χ2n) is 9.35. The maximum absolute atomic E-state index is 5.91. The molecule has 1 aliphatic heterocycles. The predicted molar refractivity (Wildman–Crippen MR) is 135 cm³/mol. The van der Waals surface area contributed by atoms with Crippen LogP contribution >= 0.6 is 0 Å². The number of imidazole rings is 1. The van der Waals surface area contributed by atoms with Crippen molar-refractivity contribution in [2.24, 2.45) is 0 Å². The predicted octanol–water partition coefficient (Wildman–Crippen LogP) is 2.93. The molecule has 5 rings (SSSR count). The highest BCUT2D eigenvalue weighted by atomic mass is 16.5. The monoisotopic (exact) mass is 479 g/mol. The van der Waals surface area contributed by atoms with Crippen molar-refractivity contribution in [3.05, 3.63) is 24.3 Å². The van der Waals surface area contributed by atoms with Gasteiger partial charge in [0.15, 0.2) is 11.6 Å². The van der Waals surface area contributed by atoms with Crippen LogP contribution in [0.3, 0.4) is 0 Å². The van der Waals surface area contributed by atoms with E-state index in [1.807, 2.05) is 37.6 Å². The fourth-order valence-electron chi connectivity index (χ4n) is 4.27. The summed E-state index contributed by atoms with van der Waals surface area (Å²) in [6.45, 7) is 14.4. The molecule has 4 aromatic heterocycles. The van der Waals surface area contributed by atoms with Gasteiger partial charge in [-0.15, -0.1) is 10.2 Å². The number of pyridine rings is 1. The van der Waals surface area contributed by atoms with E-state index < -0.39 is 0 Å². The van der Waals surface area contributed by atoms with Crippen LogP contribution in [0.4, 0.5) is 11.6 Å². The van der Waals surface area contributed by atoms with Crippen LogP contribution in [0.15, 0.2) is 18.5 Å². The summed E-state index contributed by atoms with van der Waals surface area (Å²) in [6.07, 6.45) is 3.95. The zero-order valence-electron chi connectivity index (χ0n) is 21.0. The Morgan fingerprint density at radius 3 is 2.66 bits per heavy atom. The van der Waals surface area contributed by atoms with Crippen LogP contribution < -0.4 is 10.2 Å². The molecule has 11 heteroatoms. The Morgan fingerprint density at radius 2 is 1.91 bits per heavy atom. The molecule has 0 spiro atoms. The number of morpholine rings is 1. The molecule has 0 aliphatic carbocycles. The molecule has 35 heavy (non-hydrogen) atoms.